The number of anilines is 1. The van der Waals surface area contributed by atoms with Gasteiger partial charge in [-0.1, -0.05) is 12.1 Å². The summed E-state index contributed by atoms with van der Waals surface area (Å²) in [5.41, 5.74) is 7.57. The number of hydrogen-bond acceptors (Lipinski definition) is 6. The van der Waals surface area contributed by atoms with E-state index in [1.807, 2.05) is 33.6 Å². The number of nitrogens with one attached hydrogen (secondary N) is 2. The van der Waals surface area contributed by atoms with Crippen LogP contribution in [0.15, 0.2) is 36.4 Å². The zero-order chi connectivity index (χ0) is 23.0. The van der Waals surface area contributed by atoms with Crippen molar-refractivity contribution in [2.24, 2.45) is 5.73 Å². The van der Waals surface area contributed by atoms with Crippen LogP contribution in [0, 0.1) is 5.82 Å². The predicted octanol–water partition coefficient (Wildman–Crippen LogP) is 2.30. The van der Waals surface area contributed by atoms with E-state index in [1.165, 1.54) is 13.1 Å². The largest absolute Gasteiger partial charge is 0.355 e. The van der Waals surface area contributed by atoms with E-state index in [-0.39, 0.29) is 18.0 Å². The van der Waals surface area contributed by atoms with Crippen LogP contribution in [0.1, 0.15) is 24.2 Å². The van der Waals surface area contributed by atoms with Crippen molar-refractivity contribution in [2.75, 3.05) is 32.1 Å². The topological polar surface area (TPSA) is 101 Å². The molecule has 4 heterocycles. The average Bonchev–Trinajstić information content (AvgIpc) is 3.18. The lowest BCUT2D eigenvalue weighted by molar-refractivity contribution is 0.0964. The number of piperazine rings is 1. The molecule has 1 aliphatic heterocycles. The van der Waals surface area contributed by atoms with Crippen molar-refractivity contribution in [3.05, 3.63) is 47.8 Å². The number of amides is 1. The number of carbonyl (C=O) groups excluding carboxylic acids is 1. The number of aromatic nitrogens is 3. The van der Waals surface area contributed by atoms with Gasteiger partial charge in [0.1, 0.15) is 5.65 Å². The van der Waals surface area contributed by atoms with Crippen molar-refractivity contribution in [1.29, 1.82) is 0 Å². The summed E-state index contributed by atoms with van der Waals surface area (Å²) in [6.45, 7) is 5.51. The normalized spacial score (nSPS) is 18.6. The van der Waals surface area contributed by atoms with Crippen LogP contribution in [-0.4, -0.2) is 59.5 Å². The third-order valence-corrected chi connectivity index (χ3v) is 5.61. The van der Waals surface area contributed by atoms with Gasteiger partial charge >= 0.3 is 0 Å². The quantitative estimate of drug-likeness (QED) is 0.445. The Morgan fingerprint density at radius 1 is 1.12 bits per heavy atom. The fourth-order valence-corrected chi connectivity index (χ4v) is 4.43. The highest BCUT2D eigenvalue weighted by molar-refractivity contribution is 6.05. The van der Waals surface area contributed by atoms with Crippen LogP contribution in [0.5, 0.6) is 0 Å². The standard InChI is InChI=1S/C22H23FN6O.CH5N/c1-12-10-28(11-13(2)25-12)21-16(23)9-14-8-15(22(30)24-3)20-26-17-6-4-5-7-18(17)29(20)19(14)27-21;1-2/h4-9,12-13,25H,10-11H2,1-3H3,(H,24,30);2H2,1H3. The number of benzene rings is 1. The van der Waals surface area contributed by atoms with Crippen molar-refractivity contribution in [2.45, 2.75) is 25.9 Å². The molecule has 4 aromatic rings. The molecule has 2 unspecified atom stereocenters. The molecule has 0 bridgehead atoms. The SMILES string of the molecule is CN.CNC(=O)c1cc2cc(F)c(N3CC(C)NC(C)C3)nc2n2c1nc1ccccc12. The van der Waals surface area contributed by atoms with Gasteiger partial charge in [0.25, 0.3) is 5.91 Å². The number of halogens is 1. The second kappa shape index (κ2) is 8.68. The Labute approximate surface area is 185 Å². The van der Waals surface area contributed by atoms with Gasteiger partial charge in [0.05, 0.1) is 16.6 Å². The summed E-state index contributed by atoms with van der Waals surface area (Å²) in [7, 11) is 3.07. The van der Waals surface area contributed by atoms with Crippen LogP contribution >= 0.6 is 0 Å². The zero-order valence-electron chi connectivity index (χ0n) is 18.7. The smallest absolute Gasteiger partial charge is 0.254 e. The number of pyridine rings is 2. The summed E-state index contributed by atoms with van der Waals surface area (Å²) < 4.78 is 17.0. The predicted molar refractivity (Wildman–Crippen MR) is 126 cm³/mol. The molecule has 5 rings (SSSR count). The highest BCUT2D eigenvalue weighted by Crippen LogP contribution is 2.29. The van der Waals surface area contributed by atoms with E-state index in [9.17, 15) is 4.79 Å². The van der Waals surface area contributed by atoms with Gasteiger partial charge in [-0.15, -0.1) is 0 Å². The first kappa shape index (κ1) is 21.9. The van der Waals surface area contributed by atoms with E-state index in [1.54, 1.807) is 13.1 Å². The monoisotopic (exact) mass is 437 g/mol. The maximum Gasteiger partial charge on any atom is 0.254 e. The maximum absolute atomic E-state index is 15.2. The van der Waals surface area contributed by atoms with Crippen LogP contribution < -0.4 is 21.3 Å². The Morgan fingerprint density at radius 3 is 2.50 bits per heavy atom. The van der Waals surface area contributed by atoms with Crippen molar-refractivity contribution < 1.29 is 9.18 Å². The first-order valence-electron chi connectivity index (χ1n) is 10.7. The lowest BCUT2D eigenvalue weighted by Crippen LogP contribution is -2.54. The Hall–Kier alpha value is -3.30. The maximum atomic E-state index is 15.2. The van der Waals surface area contributed by atoms with Gasteiger partial charge < -0.3 is 21.3 Å². The van der Waals surface area contributed by atoms with E-state index in [4.69, 9.17) is 4.98 Å². The second-order valence-electron chi connectivity index (χ2n) is 7.98. The van der Waals surface area contributed by atoms with E-state index in [0.717, 1.165) is 11.0 Å². The van der Waals surface area contributed by atoms with Crippen LogP contribution in [0.4, 0.5) is 10.2 Å². The molecule has 4 N–H and O–H groups in total. The lowest BCUT2D eigenvalue weighted by atomic mass is 10.1. The molecule has 2 atom stereocenters. The summed E-state index contributed by atoms with van der Waals surface area (Å²) in [6.07, 6.45) is 0. The lowest BCUT2D eigenvalue weighted by Gasteiger charge is -2.37. The number of imidazole rings is 1. The Balaban J connectivity index is 0.00000119. The molecule has 1 aromatic carbocycles. The van der Waals surface area contributed by atoms with E-state index < -0.39 is 5.82 Å². The van der Waals surface area contributed by atoms with E-state index in [2.05, 4.69) is 35.2 Å². The van der Waals surface area contributed by atoms with E-state index >= 15 is 4.39 Å². The summed E-state index contributed by atoms with van der Waals surface area (Å²) in [4.78, 5) is 23.9. The van der Waals surface area contributed by atoms with Gasteiger partial charge in [-0.05, 0) is 45.2 Å². The number of carbonyl (C=O) groups is 1. The Morgan fingerprint density at radius 2 is 1.81 bits per heavy atom. The van der Waals surface area contributed by atoms with Crippen LogP contribution in [-0.2, 0) is 0 Å². The van der Waals surface area contributed by atoms with Crippen LogP contribution in [0.25, 0.3) is 27.7 Å². The number of nitrogens with two attached hydrogens (primary N) is 1. The van der Waals surface area contributed by atoms with Crippen molar-refractivity contribution in [1.82, 2.24) is 25.0 Å². The van der Waals surface area contributed by atoms with Gasteiger partial charge in [0.15, 0.2) is 17.3 Å². The highest BCUT2D eigenvalue weighted by atomic mass is 19.1. The Kier molecular flexibility index (Phi) is 5.94. The van der Waals surface area contributed by atoms with Gasteiger partial charge in [-0.3, -0.25) is 9.20 Å². The molecule has 1 fully saturated rings. The minimum atomic E-state index is -0.393. The molecule has 8 nitrogen and oxygen atoms in total. The van der Waals surface area contributed by atoms with Gasteiger partial charge in [0.2, 0.25) is 0 Å². The second-order valence-corrected chi connectivity index (χ2v) is 7.98. The molecule has 168 valence electrons. The number of fused-ring (bicyclic) bond motifs is 5. The highest BCUT2D eigenvalue weighted by Gasteiger charge is 2.26. The van der Waals surface area contributed by atoms with Crippen molar-refractivity contribution >= 4 is 39.4 Å². The molecular formula is C23H28FN7O. The molecule has 0 aliphatic carbocycles. The van der Waals surface area contributed by atoms with Crippen LogP contribution in [0.2, 0.25) is 0 Å². The zero-order valence-corrected chi connectivity index (χ0v) is 18.7. The third kappa shape index (κ3) is 3.63. The number of hydrogen-bond donors (Lipinski definition) is 3. The number of rotatable bonds is 2. The van der Waals surface area contributed by atoms with Crippen molar-refractivity contribution in [3.8, 4) is 0 Å². The number of para-hydroxylation sites is 2. The molecule has 1 amide bonds. The molecule has 0 saturated carbocycles. The van der Waals surface area contributed by atoms with E-state index in [0.29, 0.717) is 41.2 Å². The van der Waals surface area contributed by atoms with Gasteiger partial charge in [-0.25, -0.2) is 14.4 Å². The molecule has 3 aromatic heterocycles. The fourth-order valence-electron chi connectivity index (χ4n) is 4.43. The van der Waals surface area contributed by atoms with Gasteiger partial charge in [-0.2, -0.15) is 0 Å². The number of nitrogens with zero attached hydrogens (tertiary/aromatic N) is 4. The minimum absolute atomic E-state index is 0.232. The molecule has 1 saturated heterocycles. The van der Waals surface area contributed by atoms with Crippen molar-refractivity contribution in [3.63, 3.8) is 0 Å². The summed E-state index contributed by atoms with van der Waals surface area (Å²) >= 11 is 0. The first-order chi connectivity index (χ1) is 15.5. The third-order valence-electron chi connectivity index (χ3n) is 5.61. The average molecular weight is 438 g/mol. The molecule has 0 spiro atoms. The minimum Gasteiger partial charge on any atom is -0.355 e. The molecule has 9 heteroatoms. The molecule has 1 aliphatic rings. The molecule has 0 radical (unpaired) electrons. The summed E-state index contributed by atoms with van der Waals surface area (Å²) in [5.74, 6) is -0.337. The summed E-state index contributed by atoms with van der Waals surface area (Å²) in [5, 5.41) is 6.67. The molecule has 32 heavy (non-hydrogen) atoms. The fraction of sp³-hybridized carbons (Fsp3) is 0.348. The first-order valence-corrected chi connectivity index (χ1v) is 10.7. The summed E-state index contributed by atoms with van der Waals surface area (Å²) in [6, 6.07) is 11.2. The Bertz CT molecular complexity index is 1290. The molecular weight excluding hydrogens is 409 g/mol. The van der Waals surface area contributed by atoms with Gasteiger partial charge in [0, 0.05) is 37.6 Å². The van der Waals surface area contributed by atoms with Crippen LogP contribution in [0.3, 0.4) is 0 Å².